The molecule has 0 aliphatic carbocycles. The first-order valence-corrected chi connectivity index (χ1v) is 3.34. The smallest absolute Gasteiger partial charge is 0.172 e. The van der Waals surface area contributed by atoms with E-state index < -0.39 is 0 Å². The van der Waals surface area contributed by atoms with E-state index in [1.165, 1.54) is 0 Å². The van der Waals surface area contributed by atoms with Crippen LogP contribution in [0.2, 0.25) is 5.02 Å². The number of rotatable bonds is 0. The molecule has 0 aliphatic rings. The molecule has 0 aromatic carbocycles. The van der Waals surface area contributed by atoms with Crippen molar-refractivity contribution in [3.8, 4) is 0 Å². The van der Waals surface area contributed by atoms with E-state index in [1.807, 2.05) is 13.1 Å². The minimum absolute atomic E-state index is 0.660. The van der Waals surface area contributed by atoms with Gasteiger partial charge in [-0.3, -0.25) is 5.10 Å². The Morgan fingerprint density at radius 1 is 1.70 bits per heavy atom. The highest BCUT2D eigenvalue weighted by molar-refractivity contribution is 6.33. The molecule has 10 heavy (non-hydrogen) atoms. The third-order valence-electron chi connectivity index (χ3n) is 1.37. The zero-order valence-corrected chi connectivity index (χ0v) is 6.18. The van der Waals surface area contributed by atoms with Crippen LogP contribution in [0.25, 0.3) is 5.65 Å². The summed E-state index contributed by atoms with van der Waals surface area (Å²) in [7, 11) is 0. The Morgan fingerprint density at radius 3 is 3.20 bits per heavy atom. The molecule has 2 heterocycles. The van der Waals surface area contributed by atoms with Gasteiger partial charge >= 0.3 is 0 Å². The van der Waals surface area contributed by atoms with Crippen molar-refractivity contribution in [2.45, 2.75) is 6.92 Å². The number of halogens is 1. The second-order valence-electron chi connectivity index (χ2n) is 2.20. The fourth-order valence-corrected chi connectivity index (χ4v) is 1.14. The molecule has 3 nitrogen and oxygen atoms in total. The third-order valence-corrected chi connectivity index (χ3v) is 1.65. The van der Waals surface area contributed by atoms with Gasteiger partial charge in [0.1, 0.15) is 5.02 Å². The molecule has 0 unspecified atom stereocenters. The van der Waals surface area contributed by atoms with Crippen molar-refractivity contribution in [3.63, 3.8) is 0 Å². The van der Waals surface area contributed by atoms with Crippen LogP contribution < -0.4 is 0 Å². The van der Waals surface area contributed by atoms with Gasteiger partial charge in [0.15, 0.2) is 5.65 Å². The van der Waals surface area contributed by atoms with Gasteiger partial charge < -0.3 is 0 Å². The zero-order chi connectivity index (χ0) is 7.14. The number of nitrogens with one attached hydrogen (secondary N) is 1. The number of aromatic nitrogens is 3. The van der Waals surface area contributed by atoms with Gasteiger partial charge in [0.25, 0.3) is 0 Å². The number of imidazole rings is 1. The summed E-state index contributed by atoms with van der Waals surface area (Å²) in [6.07, 6.45) is 3.60. The molecule has 2 aromatic rings. The van der Waals surface area contributed by atoms with E-state index in [9.17, 15) is 0 Å². The summed E-state index contributed by atoms with van der Waals surface area (Å²) in [5, 5.41) is 3.59. The van der Waals surface area contributed by atoms with E-state index >= 15 is 0 Å². The lowest BCUT2D eigenvalue weighted by Crippen LogP contribution is -1.75. The normalized spacial score (nSPS) is 11.0. The topological polar surface area (TPSA) is 33.1 Å². The zero-order valence-electron chi connectivity index (χ0n) is 5.43. The lowest BCUT2D eigenvalue weighted by atomic mass is 10.6. The van der Waals surface area contributed by atoms with Crippen LogP contribution in [0, 0.1) is 6.92 Å². The molecule has 4 heteroatoms. The molecule has 0 radical (unpaired) electrons. The van der Waals surface area contributed by atoms with Gasteiger partial charge in [0.05, 0.1) is 5.69 Å². The van der Waals surface area contributed by atoms with Crippen molar-refractivity contribution < 1.29 is 0 Å². The molecule has 1 N–H and O–H groups in total. The van der Waals surface area contributed by atoms with Crippen molar-refractivity contribution in [2.75, 3.05) is 0 Å². The molecule has 0 saturated carbocycles. The lowest BCUT2D eigenvalue weighted by Gasteiger charge is -1.76. The highest BCUT2D eigenvalue weighted by Crippen LogP contribution is 2.14. The first-order chi connectivity index (χ1) is 4.77. The van der Waals surface area contributed by atoms with Gasteiger partial charge in [-0.05, 0) is 6.92 Å². The maximum Gasteiger partial charge on any atom is 0.172 e. The van der Waals surface area contributed by atoms with E-state index in [2.05, 4.69) is 10.1 Å². The van der Waals surface area contributed by atoms with Crippen LogP contribution in [0.4, 0.5) is 0 Å². The van der Waals surface area contributed by atoms with Gasteiger partial charge in [-0.1, -0.05) is 11.6 Å². The number of hydrogen-bond acceptors (Lipinski definition) is 1. The Kier molecular flexibility index (Phi) is 1.02. The van der Waals surface area contributed by atoms with Gasteiger partial charge in [0, 0.05) is 12.4 Å². The number of nitrogens with zero attached hydrogens (tertiary/aromatic N) is 2. The number of aryl methyl sites for hydroxylation is 1. The van der Waals surface area contributed by atoms with Crippen LogP contribution in [0.15, 0.2) is 12.4 Å². The Balaban J connectivity index is 2.90. The van der Waals surface area contributed by atoms with Crippen molar-refractivity contribution in [1.82, 2.24) is 14.6 Å². The monoisotopic (exact) mass is 155 g/mol. The highest BCUT2D eigenvalue weighted by atomic mass is 35.5. The molecular formula is C6H6ClN3. The number of fused-ring (bicyclic) bond motifs is 1. The van der Waals surface area contributed by atoms with Crippen LogP contribution in [-0.2, 0) is 0 Å². The Morgan fingerprint density at radius 2 is 2.50 bits per heavy atom. The second-order valence-corrected chi connectivity index (χ2v) is 2.60. The molecular weight excluding hydrogens is 150 g/mol. The summed E-state index contributed by atoms with van der Waals surface area (Å²) in [4.78, 5) is 4.17. The van der Waals surface area contributed by atoms with Crippen LogP contribution in [0.1, 0.15) is 5.69 Å². The SMILES string of the molecule is Cc1cn2[nH]cc(Cl)c2n1. The summed E-state index contributed by atoms with van der Waals surface area (Å²) < 4.78 is 1.79. The molecule has 0 saturated heterocycles. The predicted molar refractivity (Wildman–Crippen MR) is 39.3 cm³/mol. The molecule has 0 spiro atoms. The predicted octanol–water partition coefficient (Wildman–Crippen LogP) is 1.62. The van der Waals surface area contributed by atoms with Crippen molar-refractivity contribution in [1.29, 1.82) is 0 Å². The molecule has 2 aromatic heterocycles. The Hall–Kier alpha value is -0.960. The van der Waals surface area contributed by atoms with E-state index in [1.54, 1.807) is 10.7 Å². The molecule has 52 valence electrons. The molecule has 0 aliphatic heterocycles. The van der Waals surface area contributed by atoms with Crippen LogP contribution in [0.5, 0.6) is 0 Å². The molecule has 2 rings (SSSR count). The molecule has 0 fully saturated rings. The average Bonchev–Trinajstić information content (AvgIpc) is 2.35. The van der Waals surface area contributed by atoms with E-state index in [-0.39, 0.29) is 0 Å². The molecule has 0 atom stereocenters. The van der Waals surface area contributed by atoms with E-state index in [4.69, 9.17) is 11.6 Å². The van der Waals surface area contributed by atoms with Crippen LogP contribution in [0.3, 0.4) is 0 Å². The first-order valence-electron chi connectivity index (χ1n) is 2.96. The van der Waals surface area contributed by atoms with Gasteiger partial charge in [-0.15, -0.1) is 0 Å². The first kappa shape index (κ1) is 5.80. The van der Waals surface area contributed by atoms with Crippen LogP contribution in [-0.4, -0.2) is 14.6 Å². The van der Waals surface area contributed by atoms with Crippen LogP contribution >= 0.6 is 11.6 Å². The number of hydrogen-bond donors (Lipinski definition) is 1. The van der Waals surface area contributed by atoms with Crippen molar-refractivity contribution >= 4 is 17.2 Å². The number of aromatic amines is 1. The Bertz CT molecular complexity index is 360. The van der Waals surface area contributed by atoms with Gasteiger partial charge in [-0.2, -0.15) is 0 Å². The summed E-state index contributed by atoms with van der Waals surface area (Å²) in [5.41, 5.74) is 1.76. The number of H-pyrrole nitrogens is 1. The fraction of sp³-hybridized carbons (Fsp3) is 0.167. The fourth-order valence-electron chi connectivity index (χ4n) is 0.955. The minimum atomic E-state index is 0.660. The quantitative estimate of drug-likeness (QED) is 0.616. The largest absolute Gasteiger partial charge is 0.299 e. The summed E-state index contributed by atoms with van der Waals surface area (Å²) >= 11 is 5.77. The second kappa shape index (κ2) is 1.76. The summed E-state index contributed by atoms with van der Waals surface area (Å²) in [5.74, 6) is 0. The minimum Gasteiger partial charge on any atom is -0.299 e. The lowest BCUT2D eigenvalue weighted by molar-refractivity contribution is 0.971. The van der Waals surface area contributed by atoms with E-state index in [0.29, 0.717) is 5.02 Å². The maximum absolute atomic E-state index is 5.77. The van der Waals surface area contributed by atoms with Gasteiger partial charge in [0.2, 0.25) is 0 Å². The third kappa shape index (κ3) is 0.640. The standard InChI is InChI=1S/C6H6ClN3/c1-4-3-10-6(9-4)5(7)2-8-10/h2-3,8H,1H3. The summed E-state index contributed by atoms with van der Waals surface area (Å²) in [6.45, 7) is 1.93. The Labute approximate surface area is 62.6 Å². The molecule has 0 amide bonds. The summed E-state index contributed by atoms with van der Waals surface area (Å²) in [6, 6.07) is 0. The maximum atomic E-state index is 5.77. The van der Waals surface area contributed by atoms with E-state index in [0.717, 1.165) is 11.3 Å². The highest BCUT2D eigenvalue weighted by Gasteiger charge is 2.01. The molecule has 0 bridgehead atoms. The van der Waals surface area contributed by atoms with Crippen molar-refractivity contribution in [2.24, 2.45) is 0 Å². The van der Waals surface area contributed by atoms with Crippen molar-refractivity contribution in [3.05, 3.63) is 23.1 Å². The average molecular weight is 156 g/mol. The van der Waals surface area contributed by atoms with Gasteiger partial charge in [-0.25, -0.2) is 9.50 Å².